The van der Waals surface area contributed by atoms with Crippen LogP contribution in [0.2, 0.25) is 0 Å². The first-order valence-corrected chi connectivity index (χ1v) is 14.4. The summed E-state index contributed by atoms with van der Waals surface area (Å²) in [6, 6.07) is 17.9. The zero-order chi connectivity index (χ0) is 28.7. The van der Waals surface area contributed by atoms with Gasteiger partial charge in [-0.1, -0.05) is 54.4 Å². The van der Waals surface area contributed by atoms with E-state index >= 15 is 0 Å². The first kappa shape index (κ1) is 29.8. The molecule has 3 aromatic carbocycles. The summed E-state index contributed by atoms with van der Waals surface area (Å²) in [6.07, 6.45) is 0.709. The van der Waals surface area contributed by atoms with Crippen molar-refractivity contribution in [2.24, 2.45) is 0 Å². The molecular formula is C30H36FN3O4S. The van der Waals surface area contributed by atoms with Crippen molar-refractivity contribution >= 4 is 27.5 Å². The maximum Gasteiger partial charge on any atom is 0.264 e. The van der Waals surface area contributed by atoms with Crippen LogP contribution in [-0.4, -0.2) is 43.8 Å². The lowest BCUT2D eigenvalue weighted by Gasteiger charge is -2.32. The molecule has 0 fully saturated rings. The Bertz CT molecular complexity index is 1380. The van der Waals surface area contributed by atoms with Crippen molar-refractivity contribution in [3.05, 3.63) is 95.3 Å². The molecule has 0 saturated carbocycles. The number of hydrogen-bond donors (Lipinski definition) is 1. The highest BCUT2D eigenvalue weighted by atomic mass is 32.2. The minimum atomic E-state index is -4.12. The number of nitrogens with zero attached hydrogens (tertiary/aromatic N) is 2. The smallest absolute Gasteiger partial charge is 0.264 e. The largest absolute Gasteiger partial charge is 0.352 e. The second-order valence-electron chi connectivity index (χ2n) is 9.80. The molecule has 7 nitrogen and oxygen atoms in total. The van der Waals surface area contributed by atoms with Gasteiger partial charge in [0.1, 0.15) is 18.4 Å². The summed E-state index contributed by atoms with van der Waals surface area (Å²) in [4.78, 5) is 28.3. The lowest BCUT2D eigenvalue weighted by molar-refractivity contribution is -0.139. The summed E-state index contributed by atoms with van der Waals surface area (Å²) in [5, 5.41) is 2.89. The Balaban J connectivity index is 2.01. The number of amides is 2. The zero-order valence-corrected chi connectivity index (χ0v) is 23.8. The molecule has 0 aliphatic rings. The molecule has 0 aliphatic heterocycles. The molecule has 3 rings (SSSR count). The molecule has 0 bridgehead atoms. The fourth-order valence-electron chi connectivity index (χ4n) is 3.91. The van der Waals surface area contributed by atoms with Gasteiger partial charge in [-0.05, 0) is 76.1 Å². The summed E-state index contributed by atoms with van der Waals surface area (Å²) >= 11 is 0. The molecule has 0 saturated heterocycles. The molecule has 2 amide bonds. The Morgan fingerprint density at radius 2 is 1.41 bits per heavy atom. The van der Waals surface area contributed by atoms with Gasteiger partial charge < -0.3 is 10.2 Å². The average molecular weight is 554 g/mol. The Hall–Kier alpha value is -3.72. The van der Waals surface area contributed by atoms with E-state index in [4.69, 9.17) is 0 Å². The van der Waals surface area contributed by atoms with Crippen LogP contribution in [0.4, 0.5) is 10.1 Å². The van der Waals surface area contributed by atoms with E-state index in [2.05, 4.69) is 5.32 Å². The fraction of sp³-hybridized carbons (Fsp3) is 0.333. The van der Waals surface area contributed by atoms with Crippen LogP contribution in [0.3, 0.4) is 0 Å². The predicted octanol–water partition coefficient (Wildman–Crippen LogP) is 4.97. The van der Waals surface area contributed by atoms with E-state index in [1.165, 1.54) is 41.3 Å². The standard InChI is InChI=1S/C30H36FN3O4S/c1-6-23(4)32-30(36)24(5)33(19-25-11-13-26(31)14-12-25)29(35)20-34(27-15-7-21(2)8-16-27)39(37,38)28-17-9-22(3)10-18-28/h7-18,23-24H,6,19-20H2,1-5H3,(H,32,36)/t23-,24+/m0/s1. The normalized spacial score (nSPS) is 12.9. The third kappa shape index (κ3) is 7.66. The number of sulfonamides is 1. The number of benzene rings is 3. The first-order valence-electron chi connectivity index (χ1n) is 12.9. The van der Waals surface area contributed by atoms with Gasteiger partial charge in [-0.25, -0.2) is 12.8 Å². The molecule has 208 valence electrons. The second-order valence-corrected chi connectivity index (χ2v) is 11.7. The van der Waals surface area contributed by atoms with Crippen molar-refractivity contribution in [2.45, 2.75) is 64.6 Å². The SMILES string of the molecule is CC[C@H](C)NC(=O)[C@@H](C)N(Cc1ccc(F)cc1)C(=O)CN(c1ccc(C)cc1)S(=O)(=O)c1ccc(C)cc1. The van der Waals surface area contributed by atoms with E-state index in [0.29, 0.717) is 17.7 Å². The second kappa shape index (κ2) is 12.9. The van der Waals surface area contributed by atoms with Crippen molar-refractivity contribution < 1.29 is 22.4 Å². The van der Waals surface area contributed by atoms with E-state index in [9.17, 15) is 22.4 Å². The Morgan fingerprint density at radius 1 is 0.872 bits per heavy atom. The number of aryl methyl sites for hydroxylation is 2. The number of anilines is 1. The minimum absolute atomic E-state index is 0.000519. The summed E-state index contributed by atoms with van der Waals surface area (Å²) in [7, 11) is -4.12. The Kier molecular flexibility index (Phi) is 9.86. The molecule has 0 spiro atoms. The summed E-state index contributed by atoms with van der Waals surface area (Å²) in [5.74, 6) is -1.35. The van der Waals surface area contributed by atoms with Gasteiger partial charge >= 0.3 is 0 Å². The van der Waals surface area contributed by atoms with Crippen LogP contribution in [0, 0.1) is 19.7 Å². The van der Waals surface area contributed by atoms with Crippen molar-refractivity contribution in [2.75, 3.05) is 10.8 Å². The molecule has 9 heteroatoms. The van der Waals surface area contributed by atoms with E-state index in [-0.39, 0.29) is 23.4 Å². The van der Waals surface area contributed by atoms with Gasteiger partial charge in [0, 0.05) is 12.6 Å². The molecule has 2 atom stereocenters. The summed E-state index contributed by atoms with van der Waals surface area (Å²) in [6.45, 7) is 8.62. The Labute approximate surface area is 230 Å². The molecule has 0 radical (unpaired) electrons. The highest BCUT2D eigenvalue weighted by Crippen LogP contribution is 2.25. The van der Waals surface area contributed by atoms with Crippen LogP contribution < -0.4 is 9.62 Å². The molecule has 39 heavy (non-hydrogen) atoms. The molecule has 0 heterocycles. The van der Waals surface area contributed by atoms with Gasteiger partial charge in [0.15, 0.2) is 0 Å². The van der Waals surface area contributed by atoms with Gasteiger partial charge in [-0.2, -0.15) is 0 Å². The van der Waals surface area contributed by atoms with E-state index in [1.807, 2.05) is 27.7 Å². The maximum absolute atomic E-state index is 13.9. The van der Waals surface area contributed by atoms with Crippen molar-refractivity contribution in [3.63, 3.8) is 0 Å². The van der Waals surface area contributed by atoms with Crippen LogP contribution in [-0.2, 0) is 26.2 Å². The fourth-order valence-corrected chi connectivity index (χ4v) is 5.33. The summed E-state index contributed by atoms with van der Waals surface area (Å²) < 4.78 is 42.2. The predicted molar refractivity (Wildman–Crippen MR) is 151 cm³/mol. The van der Waals surface area contributed by atoms with Crippen LogP contribution in [0.1, 0.15) is 43.9 Å². The van der Waals surface area contributed by atoms with Gasteiger partial charge in [0.25, 0.3) is 10.0 Å². The van der Waals surface area contributed by atoms with Crippen LogP contribution in [0.5, 0.6) is 0 Å². The first-order chi connectivity index (χ1) is 18.4. The van der Waals surface area contributed by atoms with Crippen molar-refractivity contribution in [3.8, 4) is 0 Å². The topological polar surface area (TPSA) is 86.8 Å². The number of halogens is 1. The molecule has 0 aromatic heterocycles. The lowest BCUT2D eigenvalue weighted by atomic mass is 10.1. The molecule has 0 unspecified atom stereocenters. The van der Waals surface area contributed by atoms with E-state index < -0.39 is 34.3 Å². The van der Waals surface area contributed by atoms with Gasteiger partial charge in [0.05, 0.1) is 10.6 Å². The molecule has 1 N–H and O–H groups in total. The number of rotatable bonds is 11. The van der Waals surface area contributed by atoms with E-state index in [1.54, 1.807) is 43.3 Å². The van der Waals surface area contributed by atoms with Crippen molar-refractivity contribution in [1.29, 1.82) is 0 Å². The van der Waals surface area contributed by atoms with Crippen molar-refractivity contribution in [1.82, 2.24) is 10.2 Å². The number of carbonyl (C=O) groups excluding carboxylic acids is 2. The molecular weight excluding hydrogens is 517 g/mol. The van der Waals surface area contributed by atoms with Gasteiger partial charge in [-0.3, -0.25) is 13.9 Å². The molecule has 0 aliphatic carbocycles. The summed E-state index contributed by atoms with van der Waals surface area (Å²) in [5.41, 5.74) is 2.77. The van der Waals surface area contributed by atoms with E-state index in [0.717, 1.165) is 15.4 Å². The number of nitrogens with one attached hydrogen (secondary N) is 1. The Morgan fingerprint density at radius 3 is 1.95 bits per heavy atom. The lowest BCUT2D eigenvalue weighted by Crippen LogP contribution is -2.52. The van der Waals surface area contributed by atoms with Crippen LogP contribution in [0.25, 0.3) is 0 Å². The third-order valence-electron chi connectivity index (χ3n) is 6.64. The number of carbonyl (C=O) groups is 2. The quantitative estimate of drug-likeness (QED) is 0.363. The average Bonchev–Trinajstić information content (AvgIpc) is 2.91. The third-order valence-corrected chi connectivity index (χ3v) is 8.43. The highest BCUT2D eigenvalue weighted by Gasteiger charge is 2.32. The highest BCUT2D eigenvalue weighted by molar-refractivity contribution is 7.92. The van der Waals surface area contributed by atoms with Gasteiger partial charge in [0.2, 0.25) is 11.8 Å². The molecule has 3 aromatic rings. The van der Waals surface area contributed by atoms with Crippen LogP contribution in [0.15, 0.2) is 77.7 Å². The monoisotopic (exact) mass is 553 g/mol. The minimum Gasteiger partial charge on any atom is -0.352 e. The van der Waals surface area contributed by atoms with Gasteiger partial charge in [-0.15, -0.1) is 0 Å². The zero-order valence-electron chi connectivity index (χ0n) is 23.0. The number of hydrogen-bond acceptors (Lipinski definition) is 4. The van der Waals surface area contributed by atoms with Crippen LogP contribution >= 0.6 is 0 Å². The maximum atomic E-state index is 13.9.